The number of ether oxygens (including phenoxy) is 1. The second-order valence-electron chi connectivity index (χ2n) is 7.45. The van der Waals surface area contributed by atoms with Crippen LogP contribution in [-0.4, -0.2) is 47.2 Å². The van der Waals surface area contributed by atoms with Gasteiger partial charge in [-0.15, -0.1) is 11.3 Å². The highest BCUT2D eigenvalue weighted by molar-refractivity contribution is 7.13. The Morgan fingerprint density at radius 3 is 2.70 bits per heavy atom. The topological polar surface area (TPSA) is 74.7 Å². The first-order valence-electron chi connectivity index (χ1n) is 10.00. The highest BCUT2D eigenvalue weighted by Gasteiger charge is 2.13. The van der Waals surface area contributed by atoms with Gasteiger partial charge in [0.25, 0.3) is 0 Å². The van der Waals surface area contributed by atoms with Gasteiger partial charge < -0.3 is 15.2 Å². The van der Waals surface area contributed by atoms with E-state index in [1.54, 1.807) is 29.5 Å². The number of hydrogen-bond acceptors (Lipinski definition) is 6. The molecular formula is C23H25N3O3S. The number of phenols is 1. The molecule has 2 heterocycles. The van der Waals surface area contributed by atoms with E-state index in [0.29, 0.717) is 5.69 Å². The lowest BCUT2D eigenvalue weighted by molar-refractivity contribution is -0.115. The predicted octanol–water partition coefficient (Wildman–Crippen LogP) is 3.84. The monoisotopic (exact) mass is 423 g/mol. The Morgan fingerprint density at radius 2 is 1.97 bits per heavy atom. The van der Waals surface area contributed by atoms with Crippen molar-refractivity contribution in [3.8, 4) is 16.3 Å². The Morgan fingerprint density at radius 1 is 1.20 bits per heavy atom. The molecule has 1 aromatic heterocycles. The lowest BCUT2D eigenvalue weighted by atomic mass is 10.1. The smallest absolute Gasteiger partial charge is 0.230 e. The molecule has 7 heteroatoms. The minimum Gasteiger partial charge on any atom is -0.508 e. The number of carbonyl (C=O) groups is 1. The Kier molecular flexibility index (Phi) is 6.42. The quantitative estimate of drug-likeness (QED) is 0.590. The van der Waals surface area contributed by atoms with Gasteiger partial charge in [0, 0.05) is 36.3 Å². The summed E-state index contributed by atoms with van der Waals surface area (Å²) in [6, 6.07) is 13.4. The van der Waals surface area contributed by atoms with Crippen molar-refractivity contribution >= 4 is 22.9 Å². The van der Waals surface area contributed by atoms with E-state index in [2.05, 4.69) is 39.5 Å². The molecule has 3 aromatic rings. The normalized spacial score (nSPS) is 14.6. The van der Waals surface area contributed by atoms with Crippen LogP contribution < -0.4 is 5.32 Å². The molecule has 0 aliphatic carbocycles. The SMILES string of the molecule is Cc1cc(O)ccc1NC(=O)Cc1csc(-c2ccc(CN3CCOCC3)cc2)n1. The highest BCUT2D eigenvalue weighted by Crippen LogP contribution is 2.25. The van der Waals surface area contributed by atoms with Gasteiger partial charge in [-0.05, 0) is 36.2 Å². The number of hydrogen-bond donors (Lipinski definition) is 2. The number of thiazole rings is 1. The minimum absolute atomic E-state index is 0.124. The predicted molar refractivity (Wildman–Crippen MR) is 119 cm³/mol. The van der Waals surface area contributed by atoms with E-state index in [1.165, 1.54) is 5.56 Å². The van der Waals surface area contributed by atoms with Crippen LogP contribution in [-0.2, 0) is 22.5 Å². The third kappa shape index (κ3) is 5.24. The van der Waals surface area contributed by atoms with E-state index in [9.17, 15) is 9.90 Å². The van der Waals surface area contributed by atoms with Gasteiger partial charge in [0.1, 0.15) is 10.8 Å². The second kappa shape index (κ2) is 9.38. The molecule has 1 aliphatic rings. The Hall–Kier alpha value is -2.74. The van der Waals surface area contributed by atoms with Crippen molar-refractivity contribution in [3.05, 3.63) is 64.7 Å². The van der Waals surface area contributed by atoms with Crippen molar-refractivity contribution in [2.75, 3.05) is 31.6 Å². The van der Waals surface area contributed by atoms with Crippen LogP contribution in [0.1, 0.15) is 16.8 Å². The first-order valence-corrected chi connectivity index (χ1v) is 10.9. The van der Waals surface area contributed by atoms with Crippen molar-refractivity contribution in [1.29, 1.82) is 0 Å². The molecular weight excluding hydrogens is 398 g/mol. The maximum absolute atomic E-state index is 12.4. The Balaban J connectivity index is 1.35. The lowest BCUT2D eigenvalue weighted by Crippen LogP contribution is -2.35. The van der Waals surface area contributed by atoms with Crippen molar-refractivity contribution < 1.29 is 14.6 Å². The number of anilines is 1. The number of nitrogens with zero attached hydrogens (tertiary/aromatic N) is 2. The number of aromatic nitrogens is 1. The number of aromatic hydroxyl groups is 1. The molecule has 2 N–H and O–H groups in total. The molecule has 1 amide bonds. The Bertz CT molecular complexity index is 1010. The standard InChI is InChI=1S/C23H25N3O3S/c1-16-12-20(27)6-7-21(16)25-22(28)13-19-15-30-23(24-19)18-4-2-17(3-5-18)14-26-8-10-29-11-9-26/h2-7,12,15,27H,8-11,13-14H2,1H3,(H,25,28). The van der Waals surface area contributed by atoms with Crippen molar-refractivity contribution in [1.82, 2.24) is 9.88 Å². The number of carbonyl (C=O) groups excluding carboxylic acids is 1. The van der Waals surface area contributed by atoms with E-state index in [4.69, 9.17) is 4.74 Å². The van der Waals surface area contributed by atoms with Crippen LogP contribution in [0.15, 0.2) is 47.8 Å². The molecule has 0 spiro atoms. The summed E-state index contributed by atoms with van der Waals surface area (Å²) < 4.78 is 5.40. The minimum atomic E-state index is -0.124. The average molecular weight is 424 g/mol. The first kappa shape index (κ1) is 20.5. The summed E-state index contributed by atoms with van der Waals surface area (Å²) >= 11 is 1.55. The number of nitrogens with one attached hydrogen (secondary N) is 1. The van der Waals surface area contributed by atoms with Crippen LogP contribution in [0, 0.1) is 6.92 Å². The van der Waals surface area contributed by atoms with Crippen LogP contribution in [0.2, 0.25) is 0 Å². The molecule has 0 atom stereocenters. The van der Waals surface area contributed by atoms with Crippen LogP contribution in [0.4, 0.5) is 5.69 Å². The number of aryl methyl sites for hydroxylation is 1. The molecule has 30 heavy (non-hydrogen) atoms. The fraction of sp³-hybridized carbons (Fsp3) is 0.304. The lowest BCUT2D eigenvalue weighted by Gasteiger charge is -2.26. The van der Waals surface area contributed by atoms with Crippen LogP contribution in [0.25, 0.3) is 10.6 Å². The van der Waals surface area contributed by atoms with Gasteiger partial charge in [-0.3, -0.25) is 9.69 Å². The number of benzene rings is 2. The molecule has 0 bridgehead atoms. The summed E-state index contributed by atoms with van der Waals surface area (Å²) in [7, 11) is 0. The van der Waals surface area contributed by atoms with E-state index >= 15 is 0 Å². The summed E-state index contributed by atoms with van der Waals surface area (Å²) in [5.74, 6) is 0.0621. The zero-order valence-corrected chi connectivity index (χ0v) is 17.7. The van der Waals surface area contributed by atoms with Gasteiger partial charge in [0.05, 0.1) is 25.3 Å². The number of phenolic OH excluding ortho intramolecular Hbond substituents is 1. The molecule has 1 aliphatic heterocycles. The van der Waals surface area contributed by atoms with E-state index in [0.717, 1.165) is 54.7 Å². The summed E-state index contributed by atoms with van der Waals surface area (Å²) in [6.45, 7) is 6.34. The summed E-state index contributed by atoms with van der Waals surface area (Å²) in [5, 5.41) is 15.2. The molecule has 0 radical (unpaired) electrons. The summed E-state index contributed by atoms with van der Waals surface area (Å²) in [4.78, 5) is 19.4. The largest absolute Gasteiger partial charge is 0.508 e. The molecule has 1 fully saturated rings. The molecule has 6 nitrogen and oxygen atoms in total. The number of morpholine rings is 1. The molecule has 0 unspecified atom stereocenters. The second-order valence-corrected chi connectivity index (χ2v) is 8.31. The fourth-order valence-electron chi connectivity index (χ4n) is 3.44. The van der Waals surface area contributed by atoms with Gasteiger partial charge in [-0.25, -0.2) is 4.98 Å². The van der Waals surface area contributed by atoms with E-state index < -0.39 is 0 Å². The van der Waals surface area contributed by atoms with Crippen LogP contribution in [0.3, 0.4) is 0 Å². The number of amides is 1. The van der Waals surface area contributed by atoms with Gasteiger partial charge in [-0.2, -0.15) is 0 Å². The van der Waals surface area contributed by atoms with E-state index in [-0.39, 0.29) is 18.1 Å². The van der Waals surface area contributed by atoms with E-state index in [1.807, 2.05) is 12.3 Å². The zero-order chi connectivity index (χ0) is 20.9. The van der Waals surface area contributed by atoms with Gasteiger partial charge in [-0.1, -0.05) is 24.3 Å². The van der Waals surface area contributed by atoms with Gasteiger partial charge in [0.15, 0.2) is 0 Å². The van der Waals surface area contributed by atoms with Gasteiger partial charge in [0.2, 0.25) is 5.91 Å². The molecule has 156 valence electrons. The van der Waals surface area contributed by atoms with Crippen molar-refractivity contribution in [2.24, 2.45) is 0 Å². The van der Waals surface area contributed by atoms with Crippen molar-refractivity contribution in [2.45, 2.75) is 19.9 Å². The van der Waals surface area contributed by atoms with Crippen molar-refractivity contribution in [3.63, 3.8) is 0 Å². The third-order valence-electron chi connectivity index (χ3n) is 5.09. The van der Waals surface area contributed by atoms with Crippen LogP contribution >= 0.6 is 11.3 Å². The first-order chi connectivity index (χ1) is 14.6. The summed E-state index contributed by atoms with van der Waals surface area (Å²) in [5.41, 5.74) is 4.61. The fourth-order valence-corrected chi connectivity index (χ4v) is 4.26. The Labute approximate surface area is 180 Å². The maximum atomic E-state index is 12.4. The van der Waals surface area contributed by atoms with Crippen LogP contribution in [0.5, 0.6) is 5.75 Å². The maximum Gasteiger partial charge on any atom is 0.230 e. The third-order valence-corrected chi connectivity index (χ3v) is 6.03. The average Bonchev–Trinajstić information content (AvgIpc) is 3.20. The molecule has 1 saturated heterocycles. The number of rotatable bonds is 6. The zero-order valence-electron chi connectivity index (χ0n) is 16.9. The molecule has 4 rings (SSSR count). The van der Waals surface area contributed by atoms with Gasteiger partial charge >= 0.3 is 0 Å². The molecule has 2 aromatic carbocycles. The molecule has 0 saturated carbocycles. The highest BCUT2D eigenvalue weighted by atomic mass is 32.1. The summed E-state index contributed by atoms with van der Waals surface area (Å²) in [6.07, 6.45) is 0.214.